The molecular formula is C30H38N+. The number of pyridine rings is 1. The second-order valence-corrected chi connectivity index (χ2v) is 10.3. The van der Waals surface area contributed by atoms with E-state index in [1.54, 1.807) is 0 Å². The first-order valence-corrected chi connectivity index (χ1v) is 12.5. The fraction of sp³-hybridized carbons (Fsp3) is 0.500. The first-order chi connectivity index (χ1) is 15.4. The van der Waals surface area contributed by atoms with Crippen molar-refractivity contribution in [3.63, 3.8) is 0 Å². The second kappa shape index (κ2) is 8.41. The first-order valence-electron chi connectivity index (χ1n) is 13.0. The molecule has 1 aromatic heterocycles. The van der Waals surface area contributed by atoms with Crippen LogP contribution in [0.4, 0.5) is 0 Å². The van der Waals surface area contributed by atoms with Crippen LogP contribution in [-0.4, -0.2) is 0 Å². The van der Waals surface area contributed by atoms with E-state index in [0.29, 0.717) is 12.0 Å². The molecule has 2 fully saturated rings. The topological polar surface area (TPSA) is 3.88 Å². The third kappa shape index (κ3) is 3.93. The van der Waals surface area contributed by atoms with Crippen LogP contribution < -0.4 is 4.57 Å². The Morgan fingerprint density at radius 2 is 1.65 bits per heavy atom. The first kappa shape index (κ1) is 19.5. The number of rotatable bonds is 4. The van der Waals surface area contributed by atoms with Crippen molar-refractivity contribution in [3.05, 3.63) is 64.3 Å². The maximum Gasteiger partial charge on any atom is 0.220 e. The molecule has 0 bridgehead atoms. The van der Waals surface area contributed by atoms with Crippen LogP contribution in [0.25, 0.3) is 22.0 Å². The summed E-state index contributed by atoms with van der Waals surface area (Å²) in [5.41, 5.74) is 9.36. The van der Waals surface area contributed by atoms with Crippen molar-refractivity contribution in [2.45, 2.75) is 84.5 Å². The zero-order chi connectivity index (χ0) is 22.4. The van der Waals surface area contributed by atoms with E-state index in [4.69, 9.17) is 1.37 Å². The highest BCUT2D eigenvalue weighted by Crippen LogP contribution is 2.39. The van der Waals surface area contributed by atoms with Crippen LogP contribution in [0.2, 0.25) is 0 Å². The number of nitrogens with zero attached hydrogens (tertiary/aromatic N) is 1. The predicted molar refractivity (Wildman–Crippen MR) is 132 cm³/mol. The van der Waals surface area contributed by atoms with Crippen molar-refractivity contribution in [2.75, 3.05) is 0 Å². The largest absolute Gasteiger partial charge is 0.220 e. The van der Waals surface area contributed by atoms with E-state index in [-0.39, 0.29) is 0 Å². The molecule has 1 heteroatoms. The zero-order valence-corrected chi connectivity index (χ0v) is 19.9. The van der Waals surface area contributed by atoms with E-state index in [1.165, 1.54) is 96.7 Å². The molecule has 5 rings (SSSR count). The molecule has 2 aromatic carbocycles. The van der Waals surface area contributed by atoms with E-state index in [9.17, 15) is 0 Å². The highest BCUT2D eigenvalue weighted by atomic mass is 14.9. The molecule has 0 radical (unpaired) electrons. The van der Waals surface area contributed by atoms with Crippen molar-refractivity contribution < 1.29 is 5.94 Å². The Morgan fingerprint density at radius 3 is 2.39 bits per heavy atom. The lowest BCUT2D eigenvalue weighted by Crippen LogP contribution is -2.35. The molecule has 2 aliphatic rings. The number of aromatic nitrogens is 1. The summed E-state index contributed by atoms with van der Waals surface area (Å²) in [6, 6.07) is 12.6. The summed E-state index contributed by atoms with van der Waals surface area (Å²) in [6.45, 7) is 6.65. The second-order valence-electron chi connectivity index (χ2n) is 10.3. The minimum atomic E-state index is 0.681. The molecule has 1 nitrogen and oxygen atoms in total. The molecule has 162 valence electrons. The standard InChI is InChI=1S/C30H38N/c1-20-15-26(25-11-7-8-12-25)19-29(22(20)3)30-28-14-13-24(17-23-9-5-6-10-23)18-27(28)16-21(2)31(30)4/h13-16,18-19,23,25H,5-12,17H2,1-4H3/q+1/i16D. The average Bonchev–Trinajstić information content (AvgIpc) is 3.50. The molecule has 3 aromatic rings. The molecule has 0 amide bonds. The zero-order valence-electron chi connectivity index (χ0n) is 20.9. The molecule has 2 aliphatic carbocycles. The molecule has 0 atom stereocenters. The van der Waals surface area contributed by atoms with Crippen LogP contribution in [0.3, 0.4) is 0 Å². The Kier molecular flexibility index (Phi) is 5.30. The molecule has 0 saturated heterocycles. The Balaban J connectivity index is 1.68. The summed E-state index contributed by atoms with van der Waals surface area (Å²) in [5, 5.41) is 2.35. The summed E-state index contributed by atoms with van der Waals surface area (Å²) < 4.78 is 11.2. The highest BCUT2D eigenvalue weighted by Gasteiger charge is 2.24. The van der Waals surface area contributed by atoms with Crippen LogP contribution >= 0.6 is 0 Å². The summed E-state index contributed by atoms with van der Waals surface area (Å²) >= 11 is 0. The summed E-state index contributed by atoms with van der Waals surface area (Å²) in [7, 11) is 2.14. The minimum Gasteiger partial charge on any atom is -0.198 e. The summed E-state index contributed by atoms with van der Waals surface area (Å²) in [4.78, 5) is 0. The van der Waals surface area contributed by atoms with Gasteiger partial charge in [0.1, 0.15) is 7.05 Å². The molecule has 31 heavy (non-hydrogen) atoms. The lowest BCUT2D eigenvalue weighted by molar-refractivity contribution is -0.665. The van der Waals surface area contributed by atoms with Crippen molar-refractivity contribution in [1.29, 1.82) is 0 Å². The monoisotopic (exact) mass is 413 g/mol. The van der Waals surface area contributed by atoms with Gasteiger partial charge in [0.15, 0.2) is 5.69 Å². The van der Waals surface area contributed by atoms with Crippen molar-refractivity contribution >= 4 is 10.8 Å². The Bertz CT molecular complexity index is 1160. The maximum absolute atomic E-state index is 8.92. The van der Waals surface area contributed by atoms with Gasteiger partial charge in [-0.3, -0.25) is 0 Å². The number of benzene rings is 2. The van der Waals surface area contributed by atoms with E-state index in [2.05, 4.69) is 62.7 Å². The van der Waals surface area contributed by atoms with Crippen LogP contribution in [0, 0.1) is 26.7 Å². The quantitative estimate of drug-likeness (QED) is 0.387. The minimum absolute atomic E-state index is 0.681. The molecule has 0 unspecified atom stereocenters. The van der Waals surface area contributed by atoms with Gasteiger partial charge in [0, 0.05) is 13.0 Å². The van der Waals surface area contributed by atoms with Gasteiger partial charge in [-0.2, -0.15) is 4.57 Å². The predicted octanol–water partition coefficient (Wildman–Crippen LogP) is 7.65. The Morgan fingerprint density at radius 1 is 0.935 bits per heavy atom. The number of hydrogen-bond acceptors (Lipinski definition) is 0. The normalized spacial score (nSPS) is 18.3. The van der Waals surface area contributed by atoms with Crippen LogP contribution in [0.15, 0.2) is 36.4 Å². The molecular weight excluding hydrogens is 374 g/mol. The van der Waals surface area contributed by atoms with Crippen molar-refractivity contribution in [1.82, 2.24) is 0 Å². The average molecular weight is 414 g/mol. The number of aryl methyl sites for hydroxylation is 1. The van der Waals surface area contributed by atoms with Gasteiger partial charge in [-0.25, -0.2) is 0 Å². The van der Waals surface area contributed by atoms with Gasteiger partial charge in [-0.15, -0.1) is 0 Å². The Hall–Kier alpha value is -2.15. The van der Waals surface area contributed by atoms with Gasteiger partial charge in [-0.1, -0.05) is 56.7 Å². The number of fused-ring (bicyclic) bond motifs is 1. The highest BCUT2D eigenvalue weighted by molar-refractivity contribution is 5.94. The van der Waals surface area contributed by atoms with Gasteiger partial charge in [0.05, 0.1) is 12.3 Å². The van der Waals surface area contributed by atoms with Gasteiger partial charge in [0.2, 0.25) is 5.69 Å². The van der Waals surface area contributed by atoms with E-state index in [0.717, 1.165) is 17.0 Å². The fourth-order valence-corrected chi connectivity index (χ4v) is 6.16. The Labute approximate surface area is 189 Å². The lowest BCUT2D eigenvalue weighted by atomic mass is 9.88. The molecule has 0 spiro atoms. The van der Waals surface area contributed by atoms with Crippen LogP contribution in [0.5, 0.6) is 0 Å². The molecule has 2 saturated carbocycles. The van der Waals surface area contributed by atoms with Gasteiger partial charge < -0.3 is 0 Å². The van der Waals surface area contributed by atoms with Crippen molar-refractivity contribution in [3.8, 4) is 11.3 Å². The van der Waals surface area contributed by atoms with Gasteiger partial charge >= 0.3 is 0 Å². The van der Waals surface area contributed by atoms with E-state index < -0.39 is 0 Å². The van der Waals surface area contributed by atoms with Crippen molar-refractivity contribution in [2.24, 2.45) is 13.0 Å². The SMILES string of the molecule is [2H]c1c(C)[n+](C)c(-c2cc(C3CCCC3)cc(C)c2C)c2ccc(CC3CCCC3)cc12. The van der Waals surface area contributed by atoms with Crippen LogP contribution in [0.1, 0.15) is 86.6 Å². The summed E-state index contributed by atoms with van der Waals surface area (Å²) in [5.74, 6) is 1.54. The maximum atomic E-state index is 8.92. The van der Waals surface area contributed by atoms with Gasteiger partial charge in [-0.05, 0) is 84.7 Å². The fourth-order valence-electron chi connectivity index (χ4n) is 6.16. The van der Waals surface area contributed by atoms with Crippen LogP contribution in [-0.2, 0) is 13.5 Å². The third-order valence-corrected chi connectivity index (χ3v) is 8.26. The number of hydrogen-bond donors (Lipinski definition) is 0. The molecule has 1 heterocycles. The lowest BCUT2D eigenvalue weighted by Gasteiger charge is -2.17. The molecule has 0 aliphatic heterocycles. The third-order valence-electron chi connectivity index (χ3n) is 8.26. The summed E-state index contributed by atoms with van der Waals surface area (Å²) in [6.07, 6.45) is 12.0. The van der Waals surface area contributed by atoms with E-state index >= 15 is 0 Å². The van der Waals surface area contributed by atoms with E-state index in [1.807, 2.05) is 0 Å². The van der Waals surface area contributed by atoms with Gasteiger partial charge in [0.25, 0.3) is 0 Å². The smallest absolute Gasteiger partial charge is 0.198 e. The molecule has 0 N–H and O–H groups in total.